The van der Waals surface area contributed by atoms with E-state index in [4.69, 9.17) is 11.6 Å². The maximum atomic E-state index is 6.06. The first-order valence-corrected chi connectivity index (χ1v) is 8.98. The molecular weight excluding hydrogens is 208 g/mol. The van der Waals surface area contributed by atoms with Gasteiger partial charge in [-0.3, -0.25) is 0 Å². The van der Waals surface area contributed by atoms with Gasteiger partial charge in [-0.25, -0.2) is 0 Å². The predicted octanol–water partition coefficient (Wildman–Crippen LogP) is 4.30. The number of hydrogen-bond acceptors (Lipinski definition) is 0. The van der Waals surface area contributed by atoms with Gasteiger partial charge in [-0.2, -0.15) is 0 Å². The van der Waals surface area contributed by atoms with E-state index in [2.05, 4.69) is 38.4 Å². The molecule has 0 aliphatic carbocycles. The van der Waals surface area contributed by atoms with E-state index in [1.54, 1.807) is 0 Å². The molecule has 0 radical (unpaired) electrons. The molecule has 1 unspecified atom stereocenters. The van der Waals surface area contributed by atoms with Crippen LogP contribution in [0.5, 0.6) is 0 Å². The van der Waals surface area contributed by atoms with Crippen molar-refractivity contribution in [2.45, 2.75) is 58.1 Å². The van der Waals surface area contributed by atoms with E-state index in [1.807, 2.05) is 13.8 Å². The maximum Gasteiger partial charge on any atom is 0.132 e. The summed E-state index contributed by atoms with van der Waals surface area (Å²) in [5.74, 6) is 3.96. The van der Waals surface area contributed by atoms with Crippen molar-refractivity contribution >= 4 is 19.7 Å². The predicted molar refractivity (Wildman–Crippen MR) is 69.5 cm³/mol. The second-order valence-electron chi connectivity index (χ2n) is 5.32. The van der Waals surface area contributed by atoms with Crippen LogP contribution in [-0.2, 0) is 0 Å². The summed E-state index contributed by atoms with van der Waals surface area (Å²) in [6.45, 7) is 13.1. The van der Waals surface area contributed by atoms with E-state index in [0.29, 0.717) is 0 Å². The molecule has 0 aromatic rings. The molecule has 0 N–H and O–H groups in total. The Bertz CT molecular complexity index is 227. The van der Waals surface area contributed by atoms with Gasteiger partial charge in [0, 0.05) is 0 Å². The molecule has 82 valence electrons. The average molecular weight is 231 g/mol. The molecule has 0 rings (SSSR count). The molecule has 0 aromatic carbocycles. The molecule has 1 atom stereocenters. The quantitative estimate of drug-likeness (QED) is 0.385. The van der Waals surface area contributed by atoms with Gasteiger partial charge in [-0.1, -0.05) is 39.3 Å². The first-order valence-electron chi connectivity index (χ1n) is 5.39. The van der Waals surface area contributed by atoms with E-state index < -0.39 is 8.07 Å². The first kappa shape index (κ1) is 14.1. The molecule has 0 fully saturated rings. The van der Waals surface area contributed by atoms with Crippen LogP contribution in [-0.4, -0.2) is 12.9 Å². The second kappa shape index (κ2) is 5.23. The zero-order chi connectivity index (χ0) is 11.4. The van der Waals surface area contributed by atoms with Crippen LogP contribution in [0.1, 0.15) is 34.1 Å². The van der Waals surface area contributed by atoms with Gasteiger partial charge in [0.25, 0.3) is 0 Å². The van der Waals surface area contributed by atoms with Gasteiger partial charge >= 0.3 is 0 Å². The molecule has 0 nitrogen and oxygen atoms in total. The Morgan fingerprint density at radius 2 is 1.86 bits per heavy atom. The van der Waals surface area contributed by atoms with Crippen LogP contribution in [0.4, 0.5) is 0 Å². The Kier molecular flexibility index (Phi) is 5.26. The van der Waals surface area contributed by atoms with Crippen molar-refractivity contribution in [3.8, 4) is 11.5 Å². The fourth-order valence-corrected chi connectivity index (χ4v) is 4.29. The third kappa shape index (κ3) is 7.47. The molecule has 0 saturated carbocycles. The fraction of sp³-hybridized carbons (Fsp3) is 0.833. The van der Waals surface area contributed by atoms with E-state index in [1.165, 1.54) is 12.5 Å². The van der Waals surface area contributed by atoms with Crippen molar-refractivity contribution in [3.63, 3.8) is 0 Å². The highest BCUT2D eigenvalue weighted by Gasteiger charge is 2.21. The molecule has 0 aromatic heterocycles. The molecule has 0 bridgehead atoms. The van der Waals surface area contributed by atoms with E-state index in [9.17, 15) is 0 Å². The van der Waals surface area contributed by atoms with Crippen LogP contribution in [0, 0.1) is 17.4 Å². The summed E-state index contributed by atoms with van der Waals surface area (Å²) in [7, 11) is -1.34. The van der Waals surface area contributed by atoms with Crippen LogP contribution in [0.15, 0.2) is 0 Å². The zero-order valence-electron chi connectivity index (χ0n) is 10.4. The molecule has 0 heterocycles. The lowest BCUT2D eigenvalue weighted by Gasteiger charge is -2.19. The summed E-state index contributed by atoms with van der Waals surface area (Å²) in [5.41, 5.74) is 3.42. The van der Waals surface area contributed by atoms with Gasteiger partial charge in [-0.15, -0.1) is 17.1 Å². The van der Waals surface area contributed by atoms with Crippen LogP contribution in [0.2, 0.25) is 19.1 Å². The van der Waals surface area contributed by atoms with Gasteiger partial charge in [0.1, 0.15) is 8.07 Å². The summed E-state index contributed by atoms with van der Waals surface area (Å²) in [5, 5.41) is 0. The van der Waals surface area contributed by atoms with Gasteiger partial charge in [0.2, 0.25) is 0 Å². The number of halogens is 1. The second-order valence-corrected chi connectivity index (χ2v) is 10.7. The van der Waals surface area contributed by atoms with Crippen LogP contribution < -0.4 is 0 Å². The van der Waals surface area contributed by atoms with E-state index >= 15 is 0 Å². The highest BCUT2D eigenvalue weighted by atomic mass is 35.5. The first-order chi connectivity index (χ1) is 6.16. The van der Waals surface area contributed by atoms with Crippen LogP contribution in [0.3, 0.4) is 0 Å². The van der Waals surface area contributed by atoms with E-state index in [0.717, 1.165) is 5.92 Å². The Labute approximate surface area is 95.4 Å². The summed E-state index contributed by atoms with van der Waals surface area (Å²) < 4.78 is 0. The number of hydrogen-bond donors (Lipinski definition) is 0. The average Bonchev–Trinajstić information content (AvgIpc) is 1.99. The highest BCUT2D eigenvalue weighted by molar-refractivity contribution is 6.85. The minimum Gasteiger partial charge on any atom is -0.130 e. The molecule has 0 spiro atoms. The minimum absolute atomic E-state index is 0.361. The molecule has 14 heavy (non-hydrogen) atoms. The highest BCUT2D eigenvalue weighted by Crippen LogP contribution is 2.19. The van der Waals surface area contributed by atoms with Crippen molar-refractivity contribution in [2.24, 2.45) is 5.92 Å². The smallest absolute Gasteiger partial charge is 0.130 e. The molecule has 0 saturated heterocycles. The summed E-state index contributed by atoms with van der Waals surface area (Å²) in [6, 6.07) is 1.28. The van der Waals surface area contributed by atoms with Gasteiger partial charge < -0.3 is 0 Å². The van der Waals surface area contributed by atoms with Gasteiger partial charge in [-0.05, 0) is 25.8 Å². The summed E-state index contributed by atoms with van der Waals surface area (Å²) in [6.07, 6.45) is 1.25. The Hall–Kier alpha value is 0.0669. The normalized spacial score (nSPS) is 14.5. The van der Waals surface area contributed by atoms with E-state index in [-0.39, 0.29) is 4.87 Å². The monoisotopic (exact) mass is 230 g/mol. The lowest BCUT2D eigenvalue weighted by atomic mass is 10.2. The Morgan fingerprint density at radius 1 is 1.36 bits per heavy atom. The van der Waals surface area contributed by atoms with Gasteiger partial charge in [0.15, 0.2) is 0 Å². The fourth-order valence-electron chi connectivity index (χ4n) is 1.38. The van der Waals surface area contributed by atoms with Crippen molar-refractivity contribution in [3.05, 3.63) is 0 Å². The lowest BCUT2D eigenvalue weighted by molar-refractivity contribution is 0.617. The Balaban J connectivity index is 4.38. The zero-order valence-corrected chi connectivity index (χ0v) is 12.1. The number of alkyl halides is 1. The molecule has 0 aliphatic rings. The number of rotatable bonds is 3. The van der Waals surface area contributed by atoms with Crippen LogP contribution in [0.25, 0.3) is 0 Å². The molecular formula is C12H23ClSi. The summed E-state index contributed by atoms with van der Waals surface area (Å²) in [4.78, 5) is -0.361. The minimum atomic E-state index is -1.34. The molecule has 0 amide bonds. The third-order valence-corrected chi connectivity index (χ3v) is 4.87. The van der Waals surface area contributed by atoms with Crippen molar-refractivity contribution < 1.29 is 0 Å². The SMILES string of the molecule is CCC(C)C[Si](C)(C)C#CC(C)(C)Cl. The Morgan fingerprint density at radius 3 is 2.21 bits per heavy atom. The van der Waals surface area contributed by atoms with Crippen molar-refractivity contribution in [2.75, 3.05) is 0 Å². The van der Waals surface area contributed by atoms with Crippen LogP contribution >= 0.6 is 11.6 Å². The topological polar surface area (TPSA) is 0 Å². The van der Waals surface area contributed by atoms with Crippen molar-refractivity contribution in [1.29, 1.82) is 0 Å². The maximum absolute atomic E-state index is 6.06. The third-order valence-electron chi connectivity index (χ3n) is 2.25. The van der Waals surface area contributed by atoms with Crippen molar-refractivity contribution in [1.82, 2.24) is 0 Å². The molecule has 2 heteroatoms. The summed E-state index contributed by atoms with van der Waals surface area (Å²) >= 11 is 6.06. The van der Waals surface area contributed by atoms with Gasteiger partial charge in [0.05, 0.1) is 4.87 Å². The lowest BCUT2D eigenvalue weighted by Crippen LogP contribution is -2.27. The standard InChI is InChI=1S/C12H23ClSi/c1-7-11(2)10-14(5,6)9-8-12(3,4)13/h11H,7,10H2,1-6H3. The largest absolute Gasteiger partial charge is 0.132 e. The molecule has 0 aliphatic heterocycles.